The Morgan fingerprint density at radius 1 is 1.00 bits per heavy atom. The maximum Gasteiger partial charge on any atom is 0.240 e. The number of carbonyl (C=O) groups excluding carboxylic acids is 1. The minimum atomic E-state index is -3.59. The molecule has 0 spiro atoms. The number of amides is 1. The SMILES string of the molecule is O=C(CCNS(=O)(=O)c1ccccc1)Nc1ccccc1SC1CCCC1. The zero-order valence-corrected chi connectivity index (χ0v) is 16.7. The van der Waals surface area contributed by atoms with Gasteiger partial charge in [0.2, 0.25) is 15.9 Å². The van der Waals surface area contributed by atoms with E-state index in [4.69, 9.17) is 0 Å². The topological polar surface area (TPSA) is 75.3 Å². The van der Waals surface area contributed by atoms with Gasteiger partial charge in [0.25, 0.3) is 0 Å². The lowest BCUT2D eigenvalue weighted by atomic mass is 10.3. The van der Waals surface area contributed by atoms with Gasteiger partial charge in [0, 0.05) is 23.1 Å². The highest BCUT2D eigenvalue weighted by atomic mass is 32.2. The summed E-state index contributed by atoms with van der Waals surface area (Å²) in [6, 6.07) is 15.9. The molecule has 0 atom stereocenters. The summed E-state index contributed by atoms with van der Waals surface area (Å²) in [7, 11) is -3.59. The summed E-state index contributed by atoms with van der Waals surface area (Å²) in [5, 5.41) is 3.53. The van der Waals surface area contributed by atoms with Gasteiger partial charge in [-0.25, -0.2) is 13.1 Å². The number of thioether (sulfide) groups is 1. The van der Waals surface area contributed by atoms with Crippen LogP contribution in [0.15, 0.2) is 64.4 Å². The van der Waals surface area contributed by atoms with E-state index in [1.807, 2.05) is 36.0 Å². The van der Waals surface area contributed by atoms with E-state index in [1.54, 1.807) is 18.2 Å². The summed E-state index contributed by atoms with van der Waals surface area (Å²) >= 11 is 1.82. The van der Waals surface area contributed by atoms with Crippen LogP contribution in [0.2, 0.25) is 0 Å². The lowest BCUT2D eigenvalue weighted by Gasteiger charge is -2.14. The van der Waals surface area contributed by atoms with Crippen molar-refractivity contribution < 1.29 is 13.2 Å². The molecule has 3 rings (SSSR count). The van der Waals surface area contributed by atoms with Gasteiger partial charge in [0.15, 0.2) is 0 Å². The van der Waals surface area contributed by atoms with E-state index >= 15 is 0 Å². The Labute approximate surface area is 165 Å². The molecule has 2 aromatic carbocycles. The number of hydrogen-bond acceptors (Lipinski definition) is 4. The van der Waals surface area contributed by atoms with Crippen molar-refractivity contribution >= 4 is 33.4 Å². The van der Waals surface area contributed by atoms with Crippen LogP contribution in [-0.2, 0) is 14.8 Å². The summed E-state index contributed by atoms with van der Waals surface area (Å²) < 4.78 is 26.8. The van der Waals surface area contributed by atoms with Gasteiger partial charge in [-0.3, -0.25) is 4.79 Å². The Kier molecular flexibility index (Phi) is 6.93. The highest BCUT2D eigenvalue weighted by molar-refractivity contribution is 8.00. The van der Waals surface area contributed by atoms with Gasteiger partial charge in [-0.15, -0.1) is 11.8 Å². The number of rotatable bonds is 8. The first-order valence-corrected chi connectivity index (χ1v) is 11.5. The molecule has 0 unspecified atom stereocenters. The van der Waals surface area contributed by atoms with Gasteiger partial charge >= 0.3 is 0 Å². The predicted octanol–water partition coefficient (Wildman–Crippen LogP) is 4.03. The second kappa shape index (κ2) is 9.39. The fraction of sp³-hybridized carbons (Fsp3) is 0.350. The molecule has 1 aliphatic rings. The van der Waals surface area contributed by atoms with E-state index in [9.17, 15) is 13.2 Å². The molecule has 1 fully saturated rings. The van der Waals surface area contributed by atoms with Crippen molar-refractivity contribution in [2.24, 2.45) is 0 Å². The molecule has 5 nitrogen and oxygen atoms in total. The summed E-state index contributed by atoms with van der Waals surface area (Å²) in [6.07, 6.45) is 5.05. The Balaban J connectivity index is 1.52. The van der Waals surface area contributed by atoms with Crippen LogP contribution in [0, 0.1) is 0 Å². The second-order valence-electron chi connectivity index (χ2n) is 6.53. The maximum absolute atomic E-state index is 12.3. The average Bonchev–Trinajstić information content (AvgIpc) is 3.17. The van der Waals surface area contributed by atoms with Gasteiger partial charge < -0.3 is 5.32 Å². The summed E-state index contributed by atoms with van der Waals surface area (Å²) in [6.45, 7) is 0.0565. The number of anilines is 1. The molecule has 0 radical (unpaired) electrons. The van der Waals surface area contributed by atoms with Crippen molar-refractivity contribution in [1.29, 1.82) is 0 Å². The van der Waals surface area contributed by atoms with Crippen LogP contribution < -0.4 is 10.0 Å². The first-order chi connectivity index (χ1) is 13.0. The van der Waals surface area contributed by atoms with Crippen LogP contribution >= 0.6 is 11.8 Å². The van der Waals surface area contributed by atoms with E-state index in [-0.39, 0.29) is 23.8 Å². The van der Waals surface area contributed by atoms with E-state index in [0.717, 1.165) is 10.6 Å². The van der Waals surface area contributed by atoms with E-state index in [2.05, 4.69) is 10.0 Å². The molecule has 0 aliphatic heterocycles. The standard InChI is InChI=1S/C20H24N2O3S2/c23-20(14-15-21-27(24,25)17-10-2-1-3-11-17)22-18-12-6-7-13-19(18)26-16-8-4-5-9-16/h1-3,6-7,10-13,16,21H,4-5,8-9,14-15H2,(H,22,23). The van der Waals surface area contributed by atoms with Crippen LogP contribution in [0.4, 0.5) is 5.69 Å². The van der Waals surface area contributed by atoms with Crippen molar-refractivity contribution in [2.45, 2.75) is 47.1 Å². The average molecular weight is 405 g/mol. The van der Waals surface area contributed by atoms with Gasteiger partial charge in [-0.05, 0) is 37.1 Å². The van der Waals surface area contributed by atoms with Crippen molar-refractivity contribution in [3.05, 3.63) is 54.6 Å². The Morgan fingerprint density at radius 2 is 1.67 bits per heavy atom. The molecule has 1 aliphatic carbocycles. The molecule has 0 heterocycles. The van der Waals surface area contributed by atoms with E-state index in [0.29, 0.717) is 5.25 Å². The van der Waals surface area contributed by atoms with Crippen LogP contribution in [0.25, 0.3) is 0 Å². The third kappa shape index (κ3) is 5.82. The normalized spacial score (nSPS) is 15.0. The van der Waals surface area contributed by atoms with Gasteiger partial charge in [0.1, 0.15) is 0 Å². The number of benzene rings is 2. The van der Waals surface area contributed by atoms with Crippen LogP contribution in [0.5, 0.6) is 0 Å². The quantitative estimate of drug-likeness (QED) is 0.697. The Morgan fingerprint density at radius 3 is 2.41 bits per heavy atom. The van der Waals surface area contributed by atoms with E-state index in [1.165, 1.54) is 37.8 Å². The highest BCUT2D eigenvalue weighted by Gasteiger charge is 2.18. The Bertz CT molecular complexity index is 864. The number of sulfonamides is 1. The molecular weight excluding hydrogens is 380 g/mol. The molecule has 0 saturated heterocycles. The summed E-state index contributed by atoms with van der Waals surface area (Å²) in [5.41, 5.74) is 0.797. The number of nitrogens with one attached hydrogen (secondary N) is 2. The van der Waals surface area contributed by atoms with Crippen molar-refractivity contribution in [3.63, 3.8) is 0 Å². The van der Waals surface area contributed by atoms with Gasteiger partial charge in [-0.2, -0.15) is 0 Å². The zero-order valence-electron chi connectivity index (χ0n) is 15.1. The number of hydrogen-bond donors (Lipinski definition) is 2. The molecule has 2 N–H and O–H groups in total. The highest BCUT2D eigenvalue weighted by Crippen LogP contribution is 2.37. The molecule has 1 amide bonds. The van der Waals surface area contributed by atoms with Crippen molar-refractivity contribution in [2.75, 3.05) is 11.9 Å². The zero-order chi connectivity index (χ0) is 19.1. The van der Waals surface area contributed by atoms with Crippen LogP contribution in [0.3, 0.4) is 0 Å². The predicted molar refractivity (Wildman–Crippen MR) is 109 cm³/mol. The molecule has 144 valence electrons. The molecule has 0 bridgehead atoms. The van der Waals surface area contributed by atoms with Crippen molar-refractivity contribution in [1.82, 2.24) is 4.72 Å². The van der Waals surface area contributed by atoms with Gasteiger partial charge in [0.05, 0.1) is 10.6 Å². The molecule has 7 heteroatoms. The van der Waals surface area contributed by atoms with Gasteiger partial charge in [-0.1, -0.05) is 43.2 Å². The largest absolute Gasteiger partial charge is 0.325 e. The third-order valence-corrected chi connectivity index (χ3v) is 7.35. The number of carbonyl (C=O) groups is 1. The monoisotopic (exact) mass is 404 g/mol. The molecule has 2 aromatic rings. The van der Waals surface area contributed by atoms with E-state index < -0.39 is 10.0 Å². The molecule has 27 heavy (non-hydrogen) atoms. The summed E-state index contributed by atoms with van der Waals surface area (Å²) in [4.78, 5) is 13.5. The molecular formula is C20H24N2O3S2. The third-order valence-electron chi connectivity index (χ3n) is 4.45. The summed E-state index contributed by atoms with van der Waals surface area (Å²) in [5.74, 6) is -0.203. The second-order valence-corrected chi connectivity index (χ2v) is 9.64. The fourth-order valence-electron chi connectivity index (χ4n) is 3.05. The van der Waals surface area contributed by atoms with Crippen LogP contribution in [0.1, 0.15) is 32.1 Å². The number of para-hydroxylation sites is 1. The maximum atomic E-state index is 12.3. The molecule has 1 saturated carbocycles. The Hall–Kier alpha value is -1.83. The smallest absolute Gasteiger partial charge is 0.240 e. The minimum Gasteiger partial charge on any atom is -0.325 e. The first kappa shape index (κ1) is 19.9. The lowest BCUT2D eigenvalue weighted by Crippen LogP contribution is -2.27. The fourth-order valence-corrected chi connectivity index (χ4v) is 5.44. The lowest BCUT2D eigenvalue weighted by molar-refractivity contribution is -0.116. The minimum absolute atomic E-state index is 0.0565. The van der Waals surface area contributed by atoms with Crippen molar-refractivity contribution in [3.8, 4) is 0 Å². The van der Waals surface area contributed by atoms with Crippen LogP contribution in [-0.4, -0.2) is 26.1 Å². The molecule has 0 aromatic heterocycles. The first-order valence-electron chi connectivity index (χ1n) is 9.15.